The maximum atomic E-state index is 11.8. The third-order valence-corrected chi connectivity index (χ3v) is 5.23. The van der Waals surface area contributed by atoms with Crippen molar-refractivity contribution in [2.75, 3.05) is 31.6 Å². The summed E-state index contributed by atoms with van der Waals surface area (Å²) in [7, 11) is 0. The van der Waals surface area contributed by atoms with Crippen LogP contribution in [0.5, 0.6) is 5.75 Å². The normalized spacial score (nSPS) is 12.5. The highest BCUT2D eigenvalue weighted by atomic mass is 16.5. The third-order valence-electron chi connectivity index (χ3n) is 5.23. The van der Waals surface area contributed by atoms with Crippen LogP contribution in [0, 0.1) is 19.8 Å². The molecule has 0 saturated heterocycles. The number of anilines is 1. The molecule has 3 aromatic rings. The molecule has 0 bridgehead atoms. The molecule has 174 valence electrons. The minimum absolute atomic E-state index is 0.0574. The predicted molar refractivity (Wildman–Crippen MR) is 122 cm³/mol. The topological polar surface area (TPSA) is 134 Å². The number of hydrogen-bond donors (Lipinski definition) is 4. The molecule has 1 atom stereocenters. The molecule has 2 aromatic heterocycles. The summed E-state index contributed by atoms with van der Waals surface area (Å²) in [6.45, 7) is 8.75. The molecular weight excluding hydrogens is 412 g/mol. The van der Waals surface area contributed by atoms with Gasteiger partial charge < -0.3 is 25.6 Å². The largest absolute Gasteiger partial charge is 0.491 e. The smallest absolute Gasteiger partial charge is 0.249 e. The molecule has 0 aliphatic rings. The Morgan fingerprint density at radius 3 is 2.66 bits per heavy atom. The number of ether oxygens (including phenoxy) is 1. The Bertz CT molecular complexity index is 1080. The summed E-state index contributed by atoms with van der Waals surface area (Å²) in [6, 6.07) is 3.84. The molecule has 0 unspecified atom stereocenters. The van der Waals surface area contributed by atoms with Crippen LogP contribution in [0.15, 0.2) is 12.1 Å². The molecule has 10 nitrogen and oxygen atoms in total. The Morgan fingerprint density at radius 2 is 1.94 bits per heavy atom. The second-order valence-electron chi connectivity index (χ2n) is 8.16. The van der Waals surface area contributed by atoms with Crippen LogP contribution in [0.2, 0.25) is 0 Å². The molecule has 1 aromatic carbocycles. The lowest BCUT2D eigenvalue weighted by molar-refractivity contribution is -0.131. The van der Waals surface area contributed by atoms with E-state index < -0.39 is 6.10 Å². The number of nitrogens with one attached hydrogen (secondary N) is 2. The van der Waals surface area contributed by atoms with Gasteiger partial charge in [-0.2, -0.15) is 0 Å². The van der Waals surface area contributed by atoms with Crippen LogP contribution in [0.1, 0.15) is 38.1 Å². The number of aromatic nitrogens is 4. The monoisotopic (exact) mass is 444 g/mol. The van der Waals surface area contributed by atoms with Crippen LogP contribution in [0.4, 0.5) is 5.82 Å². The Balaban J connectivity index is 1.69. The lowest BCUT2D eigenvalue weighted by Crippen LogP contribution is -2.38. The zero-order valence-electron chi connectivity index (χ0n) is 19.1. The fourth-order valence-electron chi connectivity index (χ4n) is 3.41. The number of rotatable bonds is 11. The van der Waals surface area contributed by atoms with Gasteiger partial charge in [0.1, 0.15) is 24.3 Å². The van der Waals surface area contributed by atoms with Gasteiger partial charge in [0.25, 0.3) is 0 Å². The van der Waals surface area contributed by atoms with Crippen LogP contribution in [-0.4, -0.2) is 68.1 Å². The molecule has 32 heavy (non-hydrogen) atoms. The molecule has 0 aliphatic carbocycles. The minimum Gasteiger partial charge on any atom is -0.491 e. The second-order valence-corrected chi connectivity index (χ2v) is 8.16. The quantitative estimate of drug-likeness (QED) is 0.328. The van der Waals surface area contributed by atoms with Crippen LogP contribution < -0.4 is 15.4 Å². The van der Waals surface area contributed by atoms with E-state index in [2.05, 4.69) is 20.8 Å². The fraction of sp³-hybridized carbons (Fsp3) is 0.545. The number of carbonyl (C=O) groups excluding carboxylic acids is 1. The SMILES string of the molecule is Cc1cc2c(cc1OCCO)nc(NCCCCNC(=O)[C@H](O)C(C)C)c1nnc(C)n12. The summed E-state index contributed by atoms with van der Waals surface area (Å²) < 4.78 is 7.59. The van der Waals surface area contributed by atoms with Gasteiger partial charge in [0.2, 0.25) is 11.6 Å². The van der Waals surface area contributed by atoms with E-state index in [-0.39, 0.29) is 25.0 Å². The van der Waals surface area contributed by atoms with Crippen molar-refractivity contribution in [1.29, 1.82) is 0 Å². The first-order valence-electron chi connectivity index (χ1n) is 10.9. The fourth-order valence-corrected chi connectivity index (χ4v) is 3.41. The van der Waals surface area contributed by atoms with E-state index in [1.54, 1.807) is 13.8 Å². The van der Waals surface area contributed by atoms with Gasteiger partial charge in [-0.1, -0.05) is 13.8 Å². The standard InChI is InChI=1S/C22H32N6O4/c1-13(2)19(30)22(31)24-8-6-5-7-23-20-21-27-26-15(4)28(21)17-11-14(3)18(32-10-9-29)12-16(17)25-20/h11-13,19,29-30H,5-10H2,1-4H3,(H,23,25)(H,24,31)/t19-/m1/s1. The van der Waals surface area contributed by atoms with Crippen molar-refractivity contribution in [3.8, 4) is 5.75 Å². The molecule has 0 spiro atoms. The lowest BCUT2D eigenvalue weighted by Gasteiger charge is -2.14. The van der Waals surface area contributed by atoms with Gasteiger partial charge in [-0.25, -0.2) is 4.98 Å². The molecule has 10 heteroatoms. The molecule has 2 heterocycles. The van der Waals surface area contributed by atoms with Crippen LogP contribution in [0.25, 0.3) is 16.7 Å². The van der Waals surface area contributed by atoms with E-state index in [9.17, 15) is 9.90 Å². The van der Waals surface area contributed by atoms with E-state index >= 15 is 0 Å². The summed E-state index contributed by atoms with van der Waals surface area (Å²) >= 11 is 0. The van der Waals surface area contributed by atoms with Crippen molar-refractivity contribution in [3.05, 3.63) is 23.5 Å². The summed E-state index contributed by atoms with van der Waals surface area (Å²) in [6.07, 6.45) is 0.585. The minimum atomic E-state index is -0.978. The summed E-state index contributed by atoms with van der Waals surface area (Å²) in [4.78, 5) is 16.5. The van der Waals surface area contributed by atoms with E-state index in [1.807, 2.05) is 30.4 Å². The van der Waals surface area contributed by atoms with E-state index in [1.165, 1.54) is 0 Å². The Hall–Kier alpha value is -2.98. The first kappa shape index (κ1) is 23.7. The number of carbonyl (C=O) groups is 1. The van der Waals surface area contributed by atoms with Crippen LogP contribution >= 0.6 is 0 Å². The molecular formula is C22H32N6O4. The van der Waals surface area contributed by atoms with Crippen LogP contribution in [-0.2, 0) is 4.79 Å². The average Bonchev–Trinajstić information content (AvgIpc) is 3.16. The first-order valence-corrected chi connectivity index (χ1v) is 10.9. The summed E-state index contributed by atoms with van der Waals surface area (Å²) in [5.74, 6) is 1.61. The highest BCUT2D eigenvalue weighted by Gasteiger charge is 2.18. The zero-order valence-corrected chi connectivity index (χ0v) is 19.1. The highest BCUT2D eigenvalue weighted by molar-refractivity contribution is 5.85. The lowest BCUT2D eigenvalue weighted by atomic mass is 10.1. The maximum absolute atomic E-state index is 11.8. The summed E-state index contributed by atoms with van der Waals surface area (Å²) in [5.41, 5.74) is 3.20. The van der Waals surface area contributed by atoms with Crippen molar-refractivity contribution < 1.29 is 19.7 Å². The van der Waals surface area contributed by atoms with Gasteiger partial charge in [0, 0.05) is 19.2 Å². The zero-order chi connectivity index (χ0) is 23.3. The molecule has 0 saturated carbocycles. The number of nitrogens with zero attached hydrogens (tertiary/aromatic N) is 4. The molecule has 0 fully saturated rings. The van der Waals surface area contributed by atoms with E-state index in [4.69, 9.17) is 14.8 Å². The number of benzene rings is 1. The second kappa shape index (κ2) is 10.6. The van der Waals surface area contributed by atoms with Gasteiger partial charge in [-0.15, -0.1) is 10.2 Å². The molecule has 0 radical (unpaired) electrons. The van der Waals surface area contributed by atoms with Crippen molar-refractivity contribution in [1.82, 2.24) is 24.9 Å². The Kier molecular flexibility index (Phi) is 7.81. The number of hydrogen-bond acceptors (Lipinski definition) is 8. The Labute approximate surface area is 187 Å². The van der Waals surface area contributed by atoms with E-state index in [0.717, 1.165) is 35.3 Å². The van der Waals surface area contributed by atoms with Crippen molar-refractivity contribution in [3.63, 3.8) is 0 Å². The van der Waals surface area contributed by atoms with Crippen molar-refractivity contribution >= 4 is 28.4 Å². The van der Waals surface area contributed by atoms with E-state index in [0.29, 0.717) is 30.3 Å². The van der Waals surface area contributed by atoms with Gasteiger partial charge >= 0.3 is 0 Å². The average molecular weight is 445 g/mol. The predicted octanol–water partition coefficient (Wildman–Crippen LogP) is 1.59. The molecule has 0 aliphatic heterocycles. The van der Waals surface area contributed by atoms with Crippen molar-refractivity contribution in [2.24, 2.45) is 5.92 Å². The third kappa shape index (κ3) is 5.25. The van der Waals surface area contributed by atoms with Gasteiger partial charge in [0.15, 0.2) is 5.82 Å². The van der Waals surface area contributed by atoms with Gasteiger partial charge in [-0.3, -0.25) is 9.20 Å². The first-order chi connectivity index (χ1) is 15.3. The summed E-state index contributed by atoms with van der Waals surface area (Å²) in [5, 5.41) is 33.4. The maximum Gasteiger partial charge on any atom is 0.249 e. The Morgan fingerprint density at radius 1 is 1.19 bits per heavy atom. The number of unbranched alkanes of at least 4 members (excludes halogenated alkanes) is 1. The number of amides is 1. The number of aliphatic hydroxyl groups excluding tert-OH is 2. The van der Waals surface area contributed by atoms with Crippen LogP contribution in [0.3, 0.4) is 0 Å². The van der Waals surface area contributed by atoms with Gasteiger partial charge in [0.05, 0.1) is 17.6 Å². The number of aryl methyl sites for hydroxylation is 2. The van der Waals surface area contributed by atoms with Crippen molar-refractivity contribution in [2.45, 2.75) is 46.6 Å². The van der Waals surface area contributed by atoms with Gasteiger partial charge in [-0.05, 0) is 44.2 Å². The molecule has 1 amide bonds. The molecule has 4 N–H and O–H groups in total. The highest BCUT2D eigenvalue weighted by Crippen LogP contribution is 2.28. The molecule has 3 rings (SSSR count). The number of fused-ring (bicyclic) bond motifs is 3. The number of aliphatic hydroxyl groups is 2.